The van der Waals surface area contributed by atoms with E-state index in [4.69, 9.17) is 0 Å². The number of hydrogen-bond acceptors (Lipinski definition) is 1. The van der Waals surface area contributed by atoms with Gasteiger partial charge in [-0.25, -0.2) is 9.13 Å². The molecule has 2 heterocycles. The van der Waals surface area contributed by atoms with Gasteiger partial charge in [0.25, 0.3) is 5.82 Å². The summed E-state index contributed by atoms with van der Waals surface area (Å²) in [5.74, 6) is 1.48. The molecule has 0 aliphatic carbocycles. The maximum Gasteiger partial charge on any atom is 0.257 e. The minimum atomic E-state index is 0. The molecular weight excluding hydrogens is 283 g/mol. The Bertz CT molecular complexity index is 282. The Balaban J connectivity index is 0.000000720. The largest absolute Gasteiger partial charge is 1.00 e. The normalized spacial score (nSPS) is 14.2. The molecule has 0 aromatic carbocycles. The van der Waals surface area contributed by atoms with Crippen LogP contribution in [0.4, 0.5) is 0 Å². The second kappa shape index (κ2) is 4.00. The zero-order valence-electron chi connectivity index (χ0n) is 7.38. The van der Waals surface area contributed by atoms with Crippen LogP contribution in [0.2, 0.25) is 0 Å². The molecule has 0 fully saturated rings. The fourth-order valence-corrected chi connectivity index (χ4v) is 2.33. The summed E-state index contributed by atoms with van der Waals surface area (Å²) in [5.41, 5.74) is 0. The maximum absolute atomic E-state index is 2.37. The van der Waals surface area contributed by atoms with Gasteiger partial charge in [-0.15, -0.1) is 0 Å². The molecule has 1 aromatic rings. The van der Waals surface area contributed by atoms with Crippen LogP contribution in [-0.4, -0.2) is 10.8 Å². The molecule has 0 spiro atoms. The van der Waals surface area contributed by atoms with Crippen molar-refractivity contribution < 1.29 is 28.5 Å². The molecule has 1 aromatic heterocycles. The van der Waals surface area contributed by atoms with Gasteiger partial charge < -0.3 is 24.0 Å². The fourth-order valence-electron chi connectivity index (χ4n) is 1.72. The zero-order valence-corrected chi connectivity index (χ0v) is 10.4. The van der Waals surface area contributed by atoms with Crippen molar-refractivity contribution in [2.24, 2.45) is 7.05 Å². The number of thioether (sulfide) groups is 1. The van der Waals surface area contributed by atoms with Gasteiger partial charge in [0.05, 0.1) is 20.0 Å². The van der Waals surface area contributed by atoms with Crippen LogP contribution in [0.1, 0.15) is 12.2 Å². The Morgan fingerprint density at radius 3 is 2.92 bits per heavy atom. The van der Waals surface area contributed by atoms with E-state index >= 15 is 0 Å². The van der Waals surface area contributed by atoms with Crippen molar-refractivity contribution in [2.45, 2.75) is 24.4 Å². The lowest BCUT2D eigenvalue weighted by atomic mass is 10.4. The number of imidazole rings is 1. The lowest BCUT2D eigenvalue weighted by Gasteiger charge is -1.90. The standard InChI is InChI=1S/C8H13N2S.HI/c1-9-7-4-3-5-10(7)6-8(9)11-2;/h6H,3-5H2,1-2H3;1H/q+1;/p-1. The third-order valence-electron chi connectivity index (χ3n) is 2.32. The Morgan fingerprint density at radius 2 is 2.33 bits per heavy atom. The topological polar surface area (TPSA) is 8.81 Å². The van der Waals surface area contributed by atoms with Crippen LogP contribution >= 0.6 is 11.8 Å². The number of halogens is 1. The minimum absolute atomic E-state index is 0. The number of aromatic nitrogens is 2. The van der Waals surface area contributed by atoms with E-state index in [0.29, 0.717) is 0 Å². The number of hydrogen-bond donors (Lipinski definition) is 0. The number of rotatable bonds is 1. The van der Waals surface area contributed by atoms with Crippen LogP contribution in [0.3, 0.4) is 0 Å². The predicted molar refractivity (Wildman–Crippen MR) is 45.7 cm³/mol. The maximum atomic E-state index is 2.37. The fraction of sp³-hybridized carbons (Fsp3) is 0.625. The van der Waals surface area contributed by atoms with E-state index in [2.05, 4.69) is 28.6 Å². The van der Waals surface area contributed by atoms with Crippen LogP contribution in [0.15, 0.2) is 11.2 Å². The van der Waals surface area contributed by atoms with Crippen molar-refractivity contribution in [1.82, 2.24) is 4.57 Å². The number of nitrogens with zero attached hydrogens (tertiary/aromatic N) is 2. The van der Waals surface area contributed by atoms with Gasteiger partial charge in [0.2, 0.25) is 0 Å². The first-order chi connectivity index (χ1) is 5.33. The minimum Gasteiger partial charge on any atom is -1.00 e. The van der Waals surface area contributed by atoms with Crippen LogP contribution in [0.25, 0.3) is 0 Å². The third-order valence-corrected chi connectivity index (χ3v) is 3.12. The van der Waals surface area contributed by atoms with Crippen molar-refractivity contribution >= 4 is 11.8 Å². The first-order valence-corrected chi connectivity index (χ1v) is 5.17. The Kier molecular flexibility index (Phi) is 3.46. The van der Waals surface area contributed by atoms with Gasteiger partial charge in [-0.2, -0.15) is 0 Å². The van der Waals surface area contributed by atoms with Crippen molar-refractivity contribution in [3.05, 3.63) is 12.0 Å². The first kappa shape index (κ1) is 10.4. The van der Waals surface area contributed by atoms with E-state index < -0.39 is 0 Å². The van der Waals surface area contributed by atoms with Crippen LogP contribution in [-0.2, 0) is 20.0 Å². The lowest BCUT2D eigenvalue weighted by Crippen LogP contribution is -3.00. The Hall–Kier alpha value is 0.290. The Morgan fingerprint density at radius 1 is 1.58 bits per heavy atom. The van der Waals surface area contributed by atoms with Gasteiger partial charge in [0.1, 0.15) is 6.20 Å². The molecule has 0 saturated carbocycles. The van der Waals surface area contributed by atoms with Crippen LogP contribution in [0, 0.1) is 0 Å². The molecular formula is C8H13IN2S. The smallest absolute Gasteiger partial charge is 0.257 e. The molecule has 2 rings (SSSR count). The lowest BCUT2D eigenvalue weighted by molar-refractivity contribution is -0.691. The van der Waals surface area contributed by atoms with Crippen molar-refractivity contribution in [3.63, 3.8) is 0 Å². The quantitative estimate of drug-likeness (QED) is 0.330. The monoisotopic (exact) mass is 296 g/mol. The molecule has 0 radical (unpaired) electrons. The number of fused-ring (bicyclic) bond motifs is 1. The zero-order chi connectivity index (χ0) is 7.84. The highest BCUT2D eigenvalue weighted by Crippen LogP contribution is 2.17. The summed E-state index contributed by atoms with van der Waals surface area (Å²) in [4.78, 5) is 0. The first-order valence-electron chi connectivity index (χ1n) is 3.95. The molecule has 0 atom stereocenters. The van der Waals surface area contributed by atoms with Crippen molar-refractivity contribution in [3.8, 4) is 0 Å². The highest BCUT2D eigenvalue weighted by Gasteiger charge is 2.24. The highest BCUT2D eigenvalue weighted by atomic mass is 127. The van der Waals surface area contributed by atoms with Crippen LogP contribution < -0.4 is 28.5 Å². The average Bonchev–Trinajstić information content (AvgIpc) is 2.53. The summed E-state index contributed by atoms with van der Waals surface area (Å²) in [6.07, 6.45) is 6.95. The van der Waals surface area contributed by atoms with E-state index in [1.807, 2.05) is 11.8 Å². The average molecular weight is 296 g/mol. The van der Waals surface area contributed by atoms with Crippen molar-refractivity contribution in [2.75, 3.05) is 6.26 Å². The molecule has 12 heavy (non-hydrogen) atoms. The summed E-state index contributed by atoms with van der Waals surface area (Å²) < 4.78 is 4.67. The summed E-state index contributed by atoms with van der Waals surface area (Å²) >= 11 is 1.82. The Labute approximate surface area is 94.4 Å². The van der Waals surface area contributed by atoms with Gasteiger partial charge in [-0.3, -0.25) is 0 Å². The molecule has 0 saturated heterocycles. The predicted octanol–water partition coefficient (Wildman–Crippen LogP) is -2.02. The number of aryl methyl sites for hydroxylation is 1. The molecule has 0 bridgehead atoms. The third kappa shape index (κ3) is 1.51. The second-order valence-electron chi connectivity index (χ2n) is 2.94. The van der Waals surface area contributed by atoms with Gasteiger partial charge in [-0.05, 0) is 12.7 Å². The van der Waals surface area contributed by atoms with Gasteiger partial charge >= 0.3 is 0 Å². The van der Waals surface area contributed by atoms with E-state index in [9.17, 15) is 0 Å². The molecule has 2 nitrogen and oxygen atoms in total. The molecule has 1 aliphatic heterocycles. The molecule has 0 unspecified atom stereocenters. The van der Waals surface area contributed by atoms with Gasteiger partial charge in [0.15, 0.2) is 5.03 Å². The SMILES string of the molecule is CSc1c[n+]2c(n1C)CCC2.[I-]. The summed E-state index contributed by atoms with van der Waals surface area (Å²) in [7, 11) is 2.16. The molecule has 0 amide bonds. The summed E-state index contributed by atoms with van der Waals surface area (Å²) in [6, 6.07) is 0. The second-order valence-corrected chi connectivity index (χ2v) is 3.77. The molecule has 1 aliphatic rings. The van der Waals surface area contributed by atoms with Crippen LogP contribution in [0.5, 0.6) is 0 Å². The molecule has 4 heteroatoms. The van der Waals surface area contributed by atoms with E-state index in [-0.39, 0.29) is 24.0 Å². The summed E-state index contributed by atoms with van der Waals surface area (Å²) in [6.45, 7) is 1.21. The highest BCUT2D eigenvalue weighted by molar-refractivity contribution is 7.98. The molecule has 0 N–H and O–H groups in total. The molecule has 68 valence electrons. The van der Waals surface area contributed by atoms with E-state index in [0.717, 1.165) is 0 Å². The van der Waals surface area contributed by atoms with E-state index in [1.165, 1.54) is 30.2 Å². The van der Waals surface area contributed by atoms with Crippen molar-refractivity contribution in [1.29, 1.82) is 0 Å². The van der Waals surface area contributed by atoms with Gasteiger partial charge in [0, 0.05) is 0 Å². The van der Waals surface area contributed by atoms with E-state index in [1.54, 1.807) is 0 Å². The van der Waals surface area contributed by atoms with Gasteiger partial charge in [-0.1, -0.05) is 11.8 Å². The summed E-state index contributed by atoms with van der Waals surface area (Å²) in [5, 5.41) is 1.37.